The van der Waals surface area contributed by atoms with E-state index >= 15 is 0 Å². The molecule has 3 aromatic rings. The highest BCUT2D eigenvalue weighted by atomic mass is 32.2. The van der Waals surface area contributed by atoms with E-state index in [0.717, 1.165) is 38.7 Å². The van der Waals surface area contributed by atoms with Crippen LogP contribution in [0.1, 0.15) is 25.0 Å². The van der Waals surface area contributed by atoms with E-state index in [9.17, 15) is 38.0 Å². The van der Waals surface area contributed by atoms with Crippen LogP contribution in [0.5, 0.6) is 0 Å². The van der Waals surface area contributed by atoms with Crippen LogP contribution in [0.3, 0.4) is 0 Å². The lowest BCUT2D eigenvalue weighted by atomic mass is 10.0. The van der Waals surface area contributed by atoms with Crippen molar-refractivity contribution in [2.45, 2.75) is 50.8 Å². The zero-order chi connectivity index (χ0) is 30.3. The topological polar surface area (TPSA) is 185 Å². The lowest BCUT2D eigenvalue weighted by molar-refractivity contribution is -0.384. The van der Waals surface area contributed by atoms with E-state index < -0.39 is 50.8 Å². The summed E-state index contributed by atoms with van der Waals surface area (Å²) in [6, 6.07) is 12.5. The van der Waals surface area contributed by atoms with Crippen molar-refractivity contribution in [3.63, 3.8) is 0 Å². The highest BCUT2D eigenvalue weighted by Gasteiger charge is 2.31. The van der Waals surface area contributed by atoms with Gasteiger partial charge in [0, 0.05) is 37.0 Å². The van der Waals surface area contributed by atoms with Gasteiger partial charge in [-0.2, -0.15) is 4.31 Å². The fraction of sp³-hybridized carbons (Fsp3) is 0.370. The van der Waals surface area contributed by atoms with Crippen LogP contribution < -0.4 is 16.6 Å². The number of hydrogen-bond acceptors (Lipinski definition) is 8. The van der Waals surface area contributed by atoms with Crippen LogP contribution in [-0.4, -0.2) is 63.4 Å². The molecule has 3 N–H and O–H groups in total. The molecule has 0 unspecified atom stereocenters. The van der Waals surface area contributed by atoms with Gasteiger partial charge in [0.1, 0.15) is 6.54 Å². The molecule has 1 amide bonds. The number of benzene rings is 2. The predicted octanol–water partition coefficient (Wildman–Crippen LogP) is 1.19. The molecule has 0 saturated carbocycles. The Morgan fingerprint density at radius 3 is 2.32 bits per heavy atom. The number of aromatic amines is 1. The minimum Gasteiger partial charge on any atom is -0.390 e. The number of aliphatic hydroxyl groups excluding tert-OH is 1. The second kappa shape index (κ2) is 13.5. The number of carbonyl (C=O) groups excluding carboxylic acids is 1. The number of non-ortho nitro benzene ring substituents is 1. The third kappa shape index (κ3) is 8.42. The summed E-state index contributed by atoms with van der Waals surface area (Å²) in [4.78, 5) is 49.1. The largest absolute Gasteiger partial charge is 0.390 e. The number of carbonyl (C=O) groups is 1. The Labute approximate surface area is 236 Å². The molecule has 1 aromatic heterocycles. The minimum absolute atomic E-state index is 0.0361. The number of aliphatic hydroxyl groups is 1. The predicted molar refractivity (Wildman–Crippen MR) is 151 cm³/mol. The molecule has 41 heavy (non-hydrogen) atoms. The van der Waals surface area contributed by atoms with Gasteiger partial charge >= 0.3 is 5.69 Å². The van der Waals surface area contributed by atoms with Crippen LogP contribution in [-0.2, 0) is 27.8 Å². The summed E-state index contributed by atoms with van der Waals surface area (Å²) in [5, 5.41) is 25.0. The molecule has 2 aromatic carbocycles. The Morgan fingerprint density at radius 2 is 1.73 bits per heavy atom. The number of hydrogen-bond donors (Lipinski definition) is 3. The Kier molecular flexibility index (Phi) is 10.3. The van der Waals surface area contributed by atoms with Gasteiger partial charge < -0.3 is 10.4 Å². The van der Waals surface area contributed by atoms with Crippen molar-refractivity contribution in [1.29, 1.82) is 0 Å². The van der Waals surface area contributed by atoms with Crippen LogP contribution in [0.15, 0.2) is 75.3 Å². The van der Waals surface area contributed by atoms with Crippen molar-refractivity contribution < 1.29 is 23.2 Å². The lowest BCUT2D eigenvalue weighted by Gasteiger charge is -2.30. The quantitative estimate of drug-likeness (QED) is 0.197. The minimum atomic E-state index is -4.17. The fourth-order valence-electron chi connectivity index (χ4n) is 4.20. The van der Waals surface area contributed by atoms with Gasteiger partial charge in [-0.25, -0.2) is 13.2 Å². The first-order valence-corrected chi connectivity index (χ1v) is 14.3. The normalized spacial score (nSPS) is 13.2. The second-order valence-corrected chi connectivity index (χ2v) is 12.0. The number of nitro groups is 1. The molecule has 0 aliphatic carbocycles. The third-order valence-electron chi connectivity index (χ3n) is 6.26. The van der Waals surface area contributed by atoms with Crippen molar-refractivity contribution in [3.05, 3.63) is 103 Å². The Morgan fingerprint density at radius 1 is 1.10 bits per heavy atom. The number of rotatable bonds is 13. The summed E-state index contributed by atoms with van der Waals surface area (Å²) in [6.45, 7) is 4.31. The molecule has 0 aliphatic heterocycles. The van der Waals surface area contributed by atoms with Crippen LogP contribution in [0.4, 0.5) is 5.69 Å². The molecular formula is C27H33N5O8S. The van der Waals surface area contributed by atoms with Gasteiger partial charge in [-0.3, -0.25) is 29.3 Å². The molecule has 13 nitrogen and oxygen atoms in total. The number of aryl methyl sites for hydroxylation is 1. The van der Waals surface area contributed by atoms with Crippen LogP contribution >= 0.6 is 0 Å². The fourth-order valence-corrected chi connectivity index (χ4v) is 5.82. The summed E-state index contributed by atoms with van der Waals surface area (Å²) in [5.74, 6) is -0.764. The number of nitrogens with zero attached hydrogens (tertiary/aromatic N) is 3. The Balaban J connectivity index is 1.88. The SMILES string of the molecule is Cc1cn(CC(=O)N[C@@H](Cc2ccccc2)[C@H](O)CN(CC(C)C)S(=O)(=O)c2ccc([N+](=O)[O-])cc2)c(=O)[nH]c1=O. The maximum Gasteiger partial charge on any atom is 0.328 e. The monoisotopic (exact) mass is 587 g/mol. The molecule has 0 fully saturated rings. The van der Waals surface area contributed by atoms with E-state index in [0.29, 0.717) is 0 Å². The van der Waals surface area contributed by atoms with Crippen molar-refractivity contribution >= 4 is 21.6 Å². The van der Waals surface area contributed by atoms with Crippen molar-refractivity contribution in [3.8, 4) is 0 Å². The van der Waals surface area contributed by atoms with Crippen molar-refractivity contribution in [2.75, 3.05) is 13.1 Å². The summed E-state index contributed by atoms with van der Waals surface area (Å²) in [7, 11) is -4.17. The van der Waals surface area contributed by atoms with Gasteiger partial charge in [0.2, 0.25) is 15.9 Å². The van der Waals surface area contributed by atoms with Crippen LogP contribution in [0, 0.1) is 23.0 Å². The number of nitro benzene ring substituents is 1. The van der Waals surface area contributed by atoms with Gasteiger partial charge in [0.15, 0.2) is 0 Å². The number of aromatic nitrogens is 2. The number of sulfonamides is 1. The Bertz CT molecular complexity index is 1580. The number of nitrogens with one attached hydrogen (secondary N) is 2. The number of H-pyrrole nitrogens is 1. The maximum absolute atomic E-state index is 13.5. The van der Waals surface area contributed by atoms with Crippen molar-refractivity contribution in [2.24, 2.45) is 5.92 Å². The second-order valence-electron chi connectivity index (χ2n) is 10.1. The van der Waals surface area contributed by atoms with E-state index in [-0.39, 0.29) is 41.6 Å². The molecule has 0 spiro atoms. The van der Waals surface area contributed by atoms with Gasteiger partial charge in [0.25, 0.3) is 11.2 Å². The standard InChI is InChI=1S/C27H33N5O8S/c1-18(2)14-31(41(39,40)22-11-9-21(10-12-22)32(37)38)16-24(33)23(13-20-7-5-4-6-8-20)28-25(34)17-30-15-19(3)26(35)29-27(30)36/h4-12,15,18,23-24,33H,13-14,16-17H2,1-3H3,(H,28,34)(H,29,35,36)/t23-,24+/m0/s1. The van der Waals surface area contributed by atoms with Gasteiger partial charge in [-0.15, -0.1) is 0 Å². The summed E-state index contributed by atoms with van der Waals surface area (Å²) in [5.41, 5.74) is -0.597. The van der Waals surface area contributed by atoms with Crippen LogP contribution in [0.25, 0.3) is 0 Å². The summed E-state index contributed by atoms with van der Waals surface area (Å²) < 4.78 is 29.1. The first-order chi connectivity index (χ1) is 19.3. The van der Waals surface area contributed by atoms with E-state index in [1.807, 2.05) is 0 Å². The molecule has 0 saturated heterocycles. The molecule has 0 bridgehead atoms. The van der Waals surface area contributed by atoms with Gasteiger partial charge in [-0.05, 0) is 37.0 Å². The van der Waals surface area contributed by atoms with E-state index in [2.05, 4.69) is 10.3 Å². The van der Waals surface area contributed by atoms with E-state index in [1.54, 1.807) is 44.2 Å². The smallest absolute Gasteiger partial charge is 0.328 e. The van der Waals surface area contributed by atoms with Gasteiger partial charge in [0.05, 0.1) is 22.0 Å². The molecule has 0 aliphatic rings. The average Bonchev–Trinajstić information content (AvgIpc) is 2.91. The van der Waals surface area contributed by atoms with Crippen LogP contribution in [0.2, 0.25) is 0 Å². The molecular weight excluding hydrogens is 554 g/mol. The van der Waals surface area contributed by atoms with Crippen molar-refractivity contribution in [1.82, 2.24) is 19.2 Å². The van der Waals surface area contributed by atoms with E-state index in [4.69, 9.17) is 0 Å². The first-order valence-electron chi connectivity index (χ1n) is 12.8. The molecule has 14 heteroatoms. The molecule has 3 rings (SSSR count). The first kappa shape index (κ1) is 31.4. The van der Waals surface area contributed by atoms with Gasteiger partial charge in [-0.1, -0.05) is 44.2 Å². The zero-order valence-corrected chi connectivity index (χ0v) is 23.7. The number of amides is 1. The molecule has 1 heterocycles. The molecule has 2 atom stereocenters. The van der Waals surface area contributed by atoms with E-state index in [1.165, 1.54) is 13.1 Å². The summed E-state index contributed by atoms with van der Waals surface area (Å²) >= 11 is 0. The molecule has 0 radical (unpaired) electrons. The highest BCUT2D eigenvalue weighted by Crippen LogP contribution is 2.22. The lowest BCUT2D eigenvalue weighted by Crippen LogP contribution is -2.52. The third-order valence-corrected chi connectivity index (χ3v) is 8.10. The average molecular weight is 588 g/mol. The zero-order valence-electron chi connectivity index (χ0n) is 22.9. The molecule has 220 valence electrons. The summed E-state index contributed by atoms with van der Waals surface area (Å²) in [6.07, 6.45) is 0.0324. The highest BCUT2D eigenvalue weighted by molar-refractivity contribution is 7.89. The maximum atomic E-state index is 13.5. The Hall–Kier alpha value is -4.14.